The largest absolute Gasteiger partial charge is 0.480 e. The van der Waals surface area contributed by atoms with Crippen molar-refractivity contribution < 1.29 is 19.4 Å². The van der Waals surface area contributed by atoms with Gasteiger partial charge in [0.15, 0.2) is 0 Å². The third-order valence-corrected chi connectivity index (χ3v) is 3.40. The first-order valence-corrected chi connectivity index (χ1v) is 6.59. The summed E-state index contributed by atoms with van der Waals surface area (Å²) in [5, 5.41) is 13.0. The zero-order valence-corrected chi connectivity index (χ0v) is 11.7. The summed E-state index contributed by atoms with van der Waals surface area (Å²) in [6, 6.07) is 1.05. The molecule has 2 rings (SSSR count). The van der Waals surface area contributed by atoms with E-state index in [0.717, 1.165) is 18.5 Å². The van der Waals surface area contributed by atoms with Gasteiger partial charge in [-0.3, -0.25) is 9.48 Å². The van der Waals surface area contributed by atoms with Gasteiger partial charge in [0, 0.05) is 19.3 Å². The Bertz CT molecular complexity index is 496. The van der Waals surface area contributed by atoms with Crippen molar-refractivity contribution in [2.45, 2.75) is 38.5 Å². The summed E-state index contributed by atoms with van der Waals surface area (Å²) >= 11 is 0. The number of hydrogen-bond donors (Lipinski definition) is 1. The van der Waals surface area contributed by atoms with E-state index in [9.17, 15) is 9.59 Å². The quantitative estimate of drug-likeness (QED) is 0.782. The van der Waals surface area contributed by atoms with Gasteiger partial charge in [-0.25, -0.2) is 4.79 Å². The lowest BCUT2D eigenvalue weighted by Gasteiger charge is -2.26. The monoisotopic (exact) mass is 281 g/mol. The van der Waals surface area contributed by atoms with E-state index in [1.807, 2.05) is 6.07 Å². The molecule has 1 amide bonds. The topological polar surface area (TPSA) is 84.7 Å². The highest BCUT2D eigenvalue weighted by Gasteiger charge is 2.38. The number of carbonyl (C=O) groups excluding carboxylic acids is 1. The van der Waals surface area contributed by atoms with Crippen molar-refractivity contribution >= 4 is 11.9 Å². The van der Waals surface area contributed by atoms with Crippen molar-refractivity contribution in [3.63, 3.8) is 0 Å². The van der Waals surface area contributed by atoms with Crippen LogP contribution in [0.2, 0.25) is 0 Å². The number of aryl methyl sites for hydroxylation is 1. The lowest BCUT2D eigenvalue weighted by Crippen LogP contribution is -2.46. The van der Waals surface area contributed by atoms with Gasteiger partial charge < -0.3 is 14.7 Å². The Morgan fingerprint density at radius 2 is 2.30 bits per heavy atom. The fourth-order valence-corrected chi connectivity index (χ4v) is 2.07. The summed E-state index contributed by atoms with van der Waals surface area (Å²) in [6.45, 7) is 1.70. The van der Waals surface area contributed by atoms with Crippen molar-refractivity contribution in [1.82, 2.24) is 14.7 Å². The van der Waals surface area contributed by atoms with E-state index in [1.54, 1.807) is 17.9 Å². The van der Waals surface area contributed by atoms with Crippen LogP contribution < -0.4 is 0 Å². The normalized spacial score (nSPS) is 15.9. The third kappa shape index (κ3) is 3.36. The molecule has 1 aliphatic rings. The number of aromatic nitrogens is 2. The summed E-state index contributed by atoms with van der Waals surface area (Å²) in [5.74, 6) is -1.26. The highest BCUT2D eigenvalue weighted by molar-refractivity contribution is 5.84. The third-order valence-electron chi connectivity index (χ3n) is 3.40. The van der Waals surface area contributed by atoms with Gasteiger partial charge in [0.05, 0.1) is 12.3 Å². The zero-order valence-electron chi connectivity index (χ0n) is 11.7. The van der Waals surface area contributed by atoms with Crippen molar-refractivity contribution in [2.24, 2.45) is 7.05 Å². The van der Waals surface area contributed by atoms with E-state index >= 15 is 0 Å². The van der Waals surface area contributed by atoms with Crippen LogP contribution in [-0.4, -0.2) is 50.4 Å². The lowest BCUT2D eigenvalue weighted by molar-refractivity contribution is -0.152. The molecule has 0 aliphatic heterocycles. The van der Waals surface area contributed by atoms with E-state index in [4.69, 9.17) is 9.84 Å². The predicted octanol–water partition coefficient (Wildman–Crippen LogP) is 0.401. The molecule has 0 saturated heterocycles. The summed E-state index contributed by atoms with van der Waals surface area (Å²) < 4.78 is 7.03. The lowest BCUT2D eigenvalue weighted by atomic mass is 10.2. The molecule has 1 aromatic rings. The molecule has 1 atom stereocenters. The maximum Gasteiger partial charge on any atom is 0.326 e. The van der Waals surface area contributed by atoms with E-state index in [0.29, 0.717) is 0 Å². The minimum absolute atomic E-state index is 0.0499. The number of carboxylic acids is 1. The molecule has 110 valence electrons. The number of nitrogens with zero attached hydrogens (tertiary/aromatic N) is 3. The Hall–Kier alpha value is -1.89. The van der Waals surface area contributed by atoms with Gasteiger partial charge in [-0.2, -0.15) is 5.10 Å². The average Bonchev–Trinajstić information content (AvgIpc) is 3.14. The number of amides is 1. The molecule has 0 radical (unpaired) electrons. The SMILES string of the molecule is CC(C(=O)O)N(C(=O)COCc1ccnn1C)C1CC1. The molecule has 1 aliphatic carbocycles. The summed E-state index contributed by atoms with van der Waals surface area (Å²) in [5.41, 5.74) is 0.863. The average molecular weight is 281 g/mol. The molecular weight excluding hydrogens is 262 g/mol. The summed E-state index contributed by atoms with van der Waals surface area (Å²) in [6.07, 6.45) is 3.39. The summed E-state index contributed by atoms with van der Waals surface area (Å²) in [4.78, 5) is 24.6. The van der Waals surface area contributed by atoms with Crippen LogP contribution in [0.5, 0.6) is 0 Å². The minimum atomic E-state index is -0.989. The van der Waals surface area contributed by atoms with Gasteiger partial charge in [0.25, 0.3) is 0 Å². The molecule has 1 aromatic heterocycles. The van der Waals surface area contributed by atoms with Gasteiger partial charge in [-0.15, -0.1) is 0 Å². The number of aliphatic carboxylic acids is 1. The van der Waals surface area contributed by atoms with Gasteiger partial charge in [-0.1, -0.05) is 0 Å². The molecule has 1 heterocycles. The van der Waals surface area contributed by atoms with Gasteiger partial charge in [0.1, 0.15) is 12.6 Å². The van der Waals surface area contributed by atoms with Crippen molar-refractivity contribution in [1.29, 1.82) is 0 Å². The van der Waals surface area contributed by atoms with Crippen LogP contribution in [0.15, 0.2) is 12.3 Å². The van der Waals surface area contributed by atoms with Crippen LogP contribution in [0, 0.1) is 0 Å². The second kappa shape index (κ2) is 6.04. The van der Waals surface area contributed by atoms with Crippen LogP contribution in [0.1, 0.15) is 25.5 Å². The van der Waals surface area contributed by atoms with Crippen LogP contribution in [-0.2, 0) is 28.0 Å². The Labute approximate surface area is 117 Å². The van der Waals surface area contributed by atoms with Crippen LogP contribution in [0.3, 0.4) is 0 Å². The van der Waals surface area contributed by atoms with Gasteiger partial charge in [0.2, 0.25) is 5.91 Å². The van der Waals surface area contributed by atoms with Crippen molar-refractivity contribution in [3.8, 4) is 0 Å². The van der Waals surface area contributed by atoms with Crippen LogP contribution in [0.25, 0.3) is 0 Å². The maximum atomic E-state index is 12.1. The molecule has 1 unspecified atom stereocenters. The summed E-state index contributed by atoms with van der Waals surface area (Å²) in [7, 11) is 1.80. The number of carbonyl (C=O) groups is 2. The molecule has 0 aromatic carbocycles. The highest BCUT2D eigenvalue weighted by Crippen LogP contribution is 2.28. The van der Waals surface area contributed by atoms with Crippen molar-refractivity contribution in [2.75, 3.05) is 6.61 Å². The van der Waals surface area contributed by atoms with Gasteiger partial charge in [-0.05, 0) is 25.8 Å². The van der Waals surface area contributed by atoms with Crippen molar-refractivity contribution in [3.05, 3.63) is 18.0 Å². The van der Waals surface area contributed by atoms with Crippen LogP contribution >= 0.6 is 0 Å². The van der Waals surface area contributed by atoms with Crippen LogP contribution in [0.4, 0.5) is 0 Å². The smallest absolute Gasteiger partial charge is 0.326 e. The fraction of sp³-hybridized carbons (Fsp3) is 0.615. The molecule has 1 fully saturated rings. The van der Waals surface area contributed by atoms with E-state index < -0.39 is 12.0 Å². The zero-order chi connectivity index (χ0) is 14.7. The second-order valence-electron chi connectivity index (χ2n) is 4.99. The highest BCUT2D eigenvalue weighted by atomic mass is 16.5. The molecular formula is C13H19N3O4. The van der Waals surface area contributed by atoms with E-state index in [1.165, 1.54) is 11.8 Å². The first-order chi connectivity index (χ1) is 9.50. The molecule has 7 nitrogen and oxygen atoms in total. The molecule has 1 saturated carbocycles. The van der Waals surface area contributed by atoms with E-state index in [2.05, 4.69) is 5.10 Å². The Balaban J connectivity index is 1.86. The molecule has 0 spiro atoms. The first-order valence-electron chi connectivity index (χ1n) is 6.59. The van der Waals surface area contributed by atoms with E-state index in [-0.39, 0.29) is 25.2 Å². The Morgan fingerprint density at radius 3 is 2.80 bits per heavy atom. The second-order valence-corrected chi connectivity index (χ2v) is 4.99. The molecule has 0 bridgehead atoms. The fourth-order valence-electron chi connectivity index (χ4n) is 2.07. The number of ether oxygens (including phenoxy) is 1. The number of rotatable bonds is 7. The molecule has 7 heteroatoms. The molecule has 20 heavy (non-hydrogen) atoms. The Kier molecular flexibility index (Phi) is 4.39. The standard InChI is InChI=1S/C13H19N3O4/c1-9(13(18)19)16(10-3-4-10)12(17)8-20-7-11-5-6-14-15(11)2/h5-6,9-10H,3-4,7-8H2,1-2H3,(H,18,19). The Morgan fingerprint density at radius 1 is 1.60 bits per heavy atom. The number of carboxylic acid groups (broad SMARTS) is 1. The predicted molar refractivity (Wildman–Crippen MR) is 69.8 cm³/mol. The minimum Gasteiger partial charge on any atom is -0.480 e. The number of hydrogen-bond acceptors (Lipinski definition) is 4. The molecule has 1 N–H and O–H groups in total. The first kappa shape index (κ1) is 14.5. The van der Waals surface area contributed by atoms with Gasteiger partial charge >= 0.3 is 5.97 Å². The maximum absolute atomic E-state index is 12.1.